The van der Waals surface area contributed by atoms with Crippen molar-refractivity contribution in [2.24, 2.45) is 0 Å². The Morgan fingerprint density at radius 3 is 3.00 bits per heavy atom. The van der Waals surface area contributed by atoms with Crippen molar-refractivity contribution in [1.82, 2.24) is 5.48 Å². The first-order valence-corrected chi connectivity index (χ1v) is 6.67. The predicted octanol–water partition coefficient (Wildman–Crippen LogP) is 2.30. The lowest BCUT2D eigenvalue weighted by molar-refractivity contribution is 0.0301. The first-order chi connectivity index (χ1) is 10.3. The van der Waals surface area contributed by atoms with Crippen molar-refractivity contribution in [2.75, 3.05) is 13.4 Å². The average molecular weight is 289 g/mol. The van der Waals surface area contributed by atoms with E-state index in [4.69, 9.17) is 18.7 Å². The Morgan fingerprint density at radius 2 is 2.14 bits per heavy atom. The Hall–Kier alpha value is -2.47. The van der Waals surface area contributed by atoms with Crippen LogP contribution < -0.4 is 15.0 Å². The van der Waals surface area contributed by atoms with Crippen LogP contribution in [0.15, 0.2) is 41.0 Å². The van der Waals surface area contributed by atoms with E-state index in [9.17, 15) is 4.79 Å². The maximum absolute atomic E-state index is 11.9. The van der Waals surface area contributed by atoms with Gasteiger partial charge in [0.2, 0.25) is 6.79 Å². The minimum Gasteiger partial charge on any atom is -0.469 e. The fourth-order valence-electron chi connectivity index (χ4n) is 1.99. The number of carbonyl (C=O) groups excluding carboxylic acids is 1. The number of hydroxylamine groups is 1. The lowest BCUT2D eigenvalue weighted by Gasteiger charge is -2.06. The Balaban J connectivity index is 1.42. The first kappa shape index (κ1) is 13.5. The second-order valence-electron chi connectivity index (χ2n) is 4.53. The number of carbonyl (C=O) groups is 1. The molecule has 0 atom stereocenters. The van der Waals surface area contributed by atoms with E-state index < -0.39 is 0 Å². The molecule has 0 fully saturated rings. The quantitative estimate of drug-likeness (QED) is 0.652. The van der Waals surface area contributed by atoms with Crippen LogP contribution in [0.5, 0.6) is 11.5 Å². The second kappa shape index (κ2) is 6.32. The maximum atomic E-state index is 11.9. The molecule has 6 heteroatoms. The van der Waals surface area contributed by atoms with Crippen molar-refractivity contribution < 1.29 is 23.5 Å². The molecule has 1 aromatic heterocycles. The van der Waals surface area contributed by atoms with E-state index in [0.29, 0.717) is 23.7 Å². The summed E-state index contributed by atoms with van der Waals surface area (Å²) in [4.78, 5) is 17.0. The summed E-state index contributed by atoms with van der Waals surface area (Å²) in [6, 6.07) is 8.75. The van der Waals surface area contributed by atoms with Crippen LogP contribution in [0.3, 0.4) is 0 Å². The van der Waals surface area contributed by atoms with Gasteiger partial charge in [0.1, 0.15) is 5.76 Å². The predicted molar refractivity (Wildman–Crippen MR) is 73.0 cm³/mol. The minimum absolute atomic E-state index is 0.184. The van der Waals surface area contributed by atoms with Crippen molar-refractivity contribution in [3.63, 3.8) is 0 Å². The molecule has 0 radical (unpaired) electrons. The van der Waals surface area contributed by atoms with Crippen LogP contribution >= 0.6 is 0 Å². The standard InChI is InChI=1S/C15H15NO5/c17-15(11-5-6-13-14(9-11)20-10-19-13)16-21-8-2-4-12-3-1-7-18-12/h1,3,5-7,9H,2,4,8,10H2,(H,16,17). The summed E-state index contributed by atoms with van der Waals surface area (Å²) in [6.07, 6.45) is 3.17. The van der Waals surface area contributed by atoms with Crippen LogP contribution in [0.4, 0.5) is 0 Å². The lowest BCUT2D eigenvalue weighted by atomic mass is 10.2. The molecule has 2 heterocycles. The summed E-state index contributed by atoms with van der Waals surface area (Å²) in [7, 11) is 0. The van der Waals surface area contributed by atoms with Gasteiger partial charge in [0.15, 0.2) is 11.5 Å². The number of rotatable bonds is 6. The van der Waals surface area contributed by atoms with E-state index in [1.807, 2.05) is 12.1 Å². The molecule has 6 nitrogen and oxygen atoms in total. The van der Waals surface area contributed by atoms with Gasteiger partial charge >= 0.3 is 0 Å². The molecule has 3 rings (SSSR count). The molecule has 1 aliphatic heterocycles. The number of hydrogen-bond donors (Lipinski definition) is 1. The summed E-state index contributed by atoms with van der Waals surface area (Å²) in [5, 5.41) is 0. The zero-order chi connectivity index (χ0) is 14.5. The molecule has 1 aliphatic rings. The van der Waals surface area contributed by atoms with Crippen LogP contribution in [-0.2, 0) is 11.3 Å². The van der Waals surface area contributed by atoms with E-state index in [1.54, 1.807) is 24.5 Å². The Morgan fingerprint density at radius 1 is 1.24 bits per heavy atom. The van der Waals surface area contributed by atoms with Gasteiger partial charge in [-0.25, -0.2) is 5.48 Å². The summed E-state index contributed by atoms with van der Waals surface area (Å²) < 4.78 is 15.6. The normalized spacial score (nSPS) is 12.4. The highest BCUT2D eigenvalue weighted by Crippen LogP contribution is 2.32. The third kappa shape index (κ3) is 3.35. The smallest absolute Gasteiger partial charge is 0.274 e. The highest BCUT2D eigenvalue weighted by molar-refractivity contribution is 5.94. The highest BCUT2D eigenvalue weighted by atomic mass is 16.7. The topological polar surface area (TPSA) is 69.9 Å². The third-order valence-electron chi connectivity index (χ3n) is 3.05. The molecule has 21 heavy (non-hydrogen) atoms. The monoisotopic (exact) mass is 289 g/mol. The summed E-state index contributed by atoms with van der Waals surface area (Å²) in [5.74, 6) is 1.80. The van der Waals surface area contributed by atoms with Crippen LogP contribution in [0.2, 0.25) is 0 Å². The van der Waals surface area contributed by atoms with E-state index in [0.717, 1.165) is 18.6 Å². The van der Waals surface area contributed by atoms with Crippen LogP contribution in [0.25, 0.3) is 0 Å². The third-order valence-corrected chi connectivity index (χ3v) is 3.05. The SMILES string of the molecule is O=C(NOCCCc1ccco1)c1ccc2c(c1)OCO2. The van der Waals surface area contributed by atoms with Crippen molar-refractivity contribution in [2.45, 2.75) is 12.8 Å². The van der Waals surface area contributed by atoms with Crippen LogP contribution in [0.1, 0.15) is 22.5 Å². The van der Waals surface area contributed by atoms with Gasteiger partial charge in [-0.1, -0.05) is 0 Å². The zero-order valence-electron chi connectivity index (χ0n) is 11.3. The summed E-state index contributed by atoms with van der Waals surface area (Å²) in [5.41, 5.74) is 2.87. The number of furan rings is 1. The number of ether oxygens (including phenoxy) is 2. The van der Waals surface area contributed by atoms with Crippen molar-refractivity contribution in [3.05, 3.63) is 47.9 Å². The van der Waals surface area contributed by atoms with Gasteiger partial charge < -0.3 is 13.9 Å². The van der Waals surface area contributed by atoms with E-state index in [2.05, 4.69) is 5.48 Å². The Bertz CT molecular complexity index is 609. The maximum Gasteiger partial charge on any atom is 0.274 e. The first-order valence-electron chi connectivity index (χ1n) is 6.67. The molecule has 0 bridgehead atoms. The van der Waals surface area contributed by atoms with Gasteiger partial charge in [-0.05, 0) is 36.8 Å². The average Bonchev–Trinajstić information content (AvgIpc) is 3.17. The lowest BCUT2D eigenvalue weighted by Crippen LogP contribution is -2.24. The van der Waals surface area contributed by atoms with Gasteiger partial charge in [0, 0.05) is 12.0 Å². The number of nitrogens with one attached hydrogen (secondary N) is 1. The van der Waals surface area contributed by atoms with Crippen molar-refractivity contribution in [1.29, 1.82) is 0 Å². The molecule has 0 saturated heterocycles. The molecule has 2 aromatic rings. The molecule has 1 aromatic carbocycles. The fraction of sp³-hybridized carbons (Fsp3) is 0.267. The van der Waals surface area contributed by atoms with Crippen LogP contribution in [-0.4, -0.2) is 19.3 Å². The van der Waals surface area contributed by atoms with Gasteiger partial charge in [-0.15, -0.1) is 0 Å². The number of benzene rings is 1. The molecule has 0 unspecified atom stereocenters. The molecule has 1 amide bonds. The number of hydrogen-bond acceptors (Lipinski definition) is 5. The Labute approximate surface area is 121 Å². The Kier molecular flexibility index (Phi) is 4.07. The van der Waals surface area contributed by atoms with E-state index in [1.165, 1.54) is 0 Å². The van der Waals surface area contributed by atoms with Gasteiger partial charge in [-0.2, -0.15) is 0 Å². The molecule has 110 valence electrons. The van der Waals surface area contributed by atoms with Gasteiger partial charge in [0.05, 0.1) is 12.9 Å². The van der Waals surface area contributed by atoms with Crippen molar-refractivity contribution in [3.8, 4) is 11.5 Å². The van der Waals surface area contributed by atoms with E-state index >= 15 is 0 Å². The highest BCUT2D eigenvalue weighted by Gasteiger charge is 2.16. The minimum atomic E-state index is -0.314. The molecular formula is C15H15NO5. The number of fused-ring (bicyclic) bond motifs is 1. The summed E-state index contributed by atoms with van der Waals surface area (Å²) in [6.45, 7) is 0.598. The van der Waals surface area contributed by atoms with E-state index in [-0.39, 0.29) is 12.7 Å². The molecule has 0 spiro atoms. The van der Waals surface area contributed by atoms with Crippen molar-refractivity contribution >= 4 is 5.91 Å². The van der Waals surface area contributed by atoms with Gasteiger partial charge in [0.25, 0.3) is 5.91 Å². The largest absolute Gasteiger partial charge is 0.469 e. The zero-order valence-corrected chi connectivity index (χ0v) is 11.3. The van der Waals surface area contributed by atoms with Gasteiger partial charge in [-0.3, -0.25) is 9.63 Å². The number of aryl methyl sites for hydroxylation is 1. The molecule has 0 saturated carbocycles. The second-order valence-corrected chi connectivity index (χ2v) is 4.53. The number of amides is 1. The molecule has 1 N–H and O–H groups in total. The molecule has 0 aliphatic carbocycles. The molecular weight excluding hydrogens is 274 g/mol. The van der Waals surface area contributed by atoms with Crippen LogP contribution in [0, 0.1) is 0 Å². The summed E-state index contributed by atoms with van der Waals surface area (Å²) >= 11 is 0. The fourth-order valence-corrected chi connectivity index (χ4v) is 1.99.